The molecule has 2 N–H and O–H groups in total. The number of oxazole rings is 1. The number of hydrogen-bond donors (Lipinski definition) is 1. The standard InChI is InChI=1S/C20H14F2N2O2/c1-25-18-6-3-12(8-16(18)23)20-24-17-9-11(2-7-19(17)26-20)14-5-4-13(21)10-15(14)22/h2-10H,23H2,1H3. The highest BCUT2D eigenvalue weighted by Crippen LogP contribution is 2.32. The van der Waals surface area contributed by atoms with Gasteiger partial charge in [0.15, 0.2) is 5.58 Å². The molecule has 4 rings (SSSR count). The van der Waals surface area contributed by atoms with Gasteiger partial charge in [-0.1, -0.05) is 6.07 Å². The van der Waals surface area contributed by atoms with Crippen LogP contribution in [0.15, 0.2) is 59.0 Å². The molecular weight excluding hydrogens is 338 g/mol. The minimum atomic E-state index is -0.629. The number of aromatic nitrogens is 1. The predicted octanol–water partition coefficient (Wildman–Crippen LogP) is 5.03. The zero-order valence-corrected chi connectivity index (χ0v) is 13.8. The van der Waals surface area contributed by atoms with Gasteiger partial charge >= 0.3 is 0 Å². The van der Waals surface area contributed by atoms with Crippen LogP contribution in [-0.2, 0) is 0 Å². The number of halogens is 2. The number of hydrogen-bond acceptors (Lipinski definition) is 4. The summed E-state index contributed by atoms with van der Waals surface area (Å²) in [4.78, 5) is 4.45. The lowest BCUT2D eigenvalue weighted by atomic mass is 10.0. The molecule has 0 aliphatic heterocycles. The maximum absolute atomic E-state index is 14.0. The quantitative estimate of drug-likeness (QED) is 0.525. The van der Waals surface area contributed by atoms with Gasteiger partial charge < -0.3 is 14.9 Å². The average molecular weight is 352 g/mol. The number of rotatable bonds is 3. The highest BCUT2D eigenvalue weighted by atomic mass is 19.1. The second-order valence-corrected chi connectivity index (χ2v) is 5.78. The van der Waals surface area contributed by atoms with Crippen LogP contribution in [-0.4, -0.2) is 12.1 Å². The molecule has 0 saturated carbocycles. The van der Waals surface area contributed by atoms with Gasteiger partial charge in [0.25, 0.3) is 0 Å². The molecule has 0 saturated heterocycles. The van der Waals surface area contributed by atoms with Crippen LogP contribution in [0.3, 0.4) is 0 Å². The van der Waals surface area contributed by atoms with Crippen LogP contribution in [0.4, 0.5) is 14.5 Å². The first-order valence-corrected chi connectivity index (χ1v) is 7.85. The Kier molecular flexibility index (Phi) is 3.80. The van der Waals surface area contributed by atoms with E-state index in [0.29, 0.717) is 45.1 Å². The maximum atomic E-state index is 14.0. The summed E-state index contributed by atoms with van der Waals surface area (Å²) in [7, 11) is 1.54. The Morgan fingerprint density at radius 1 is 0.962 bits per heavy atom. The Morgan fingerprint density at radius 3 is 2.50 bits per heavy atom. The molecule has 4 nitrogen and oxygen atoms in total. The van der Waals surface area contributed by atoms with E-state index in [2.05, 4.69) is 4.98 Å². The number of ether oxygens (including phenoxy) is 1. The lowest BCUT2D eigenvalue weighted by Gasteiger charge is -2.04. The number of nitrogens with zero attached hydrogens (tertiary/aromatic N) is 1. The SMILES string of the molecule is COc1ccc(-c2nc3cc(-c4ccc(F)cc4F)ccc3o2)cc1N. The molecule has 130 valence electrons. The summed E-state index contributed by atoms with van der Waals surface area (Å²) in [6, 6.07) is 13.8. The molecule has 4 aromatic rings. The van der Waals surface area contributed by atoms with Gasteiger partial charge in [0.1, 0.15) is 22.9 Å². The Bertz CT molecular complexity index is 1120. The molecule has 0 fully saturated rings. The van der Waals surface area contributed by atoms with E-state index in [-0.39, 0.29) is 0 Å². The van der Waals surface area contributed by atoms with Crippen molar-refractivity contribution >= 4 is 16.8 Å². The Labute approximate surface area is 147 Å². The molecule has 0 bridgehead atoms. The lowest BCUT2D eigenvalue weighted by molar-refractivity contribution is 0.417. The van der Waals surface area contributed by atoms with E-state index in [0.717, 1.165) is 6.07 Å². The molecule has 3 aromatic carbocycles. The Balaban J connectivity index is 1.77. The fourth-order valence-electron chi connectivity index (χ4n) is 2.81. The smallest absolute Gasteiger partial charge is 0.227 e. The second-order valence-electron chi connectivity index (χ2n) is 5.78. The summed E-state index contributed by atoms with van der Waals surface area (Å²) < 4.78 is 38.0. The van der Waals surface area contributed by atoms with E-state index < -0.39 is 11.6 Å². The first kappa shape index (κ1) is 16.1. The van der Waals surface area contributed by atoms with Crippen molar-refractivity contribution in [3.8, 4) is 28.3 Å². The molecular formula is C20H14F2N2O2. The summed E-state index contributed by atoms with van der Waals surface area (Å²) in [5, 5.41) is 0. The van der Waals surface area contributed by atoms with E-state index in [1.165, 1.54) is 12.1 Å². The van der Waals surface area contributed by atoms with Gasteiger partial charge in [-0.2, -0.15) is 0 Å². The van der Waals surface area contributed by atoms with E-state index in [4.69, 9.17) is 14.9 Å². The van der Waals surface area contributed by atoms with Crippen molar-refractivity contribution in [2.45, 2.75) is 0 Å². The first-order chi connectivity index (χ1) is 12.5. The third kappa shape index (κ3) is 2.75. The second kappa shape index (κ2) is 6.15. The Morgan fingerprint density at radius 2 is 1.77 bits per heavy atom. The van der Waals surface area contributed by atoms with Crippen LogP contribution in [0.1, 0.15) is 0 Å². The van der Waals surface area contributed by atoms with E-state index >= 15 is 0 Å². The number of anilines is 1. The zero-order valence-electron chi connectivity index (χ0n) is 13.8. The zero-order chi connectivity index (χ0) is 18.3. The summed E-state index contributed by atoms with van der Waals surface area (Å²) in [5.74, 6) is -0.283. The van der Waals surface area contributed by atoms with Gasteiger partial charge in [-0.05, 0) is 48.0 Å². The fourth-order valence-corrected chi connectivity index (χ4v) is 2.81. The van der Waals surface area contributed by atoms with Crippen LogP contribution in [0.25, 0.3) is 33.7 Å². The van der Waals surface area contributed by atoms with E-state index in [1.807, 2.05) is 0 Å². The highest BCUT2D eigenvalue weighted by Gasteiger charge is 2.13. The third-order valence-corrected chi connectivity index (χ3v) is 4.11. The molecule has 6 heteroatoms. The minimum Gasteiger partial charge on any atom is -0.495 e. The lowest BCUT2D eigenvalue weighted by Crippen LogP contribution is -1.92. The van der Waals surface area contributed by atoms with Crippen molar-refractivity contribution in [2.24, 2.45) is 0 Å². The molecule has 1 heterocycles. The average Bonchev–Trinajstić information content (AvgIpc) is 3.05. The van der Waals surface area contributed by atoms with Crippen LogP contribution >= 0.6 is 0 Å². The van der Waals surface area contributed by atoms with Gasteiger partial charge in [0.2, 0.25) is 5.89 Å². The minimum absolute atomic E-state index is 0.298. The predicted molar refractivity (Wildman–Crippen MR) is 95.8 cm³/mol. The molecule has 0 radical (unpaired) electrons. The topological polar surface area (TPSA) is 61.3 Å². The van der Waals surface area contributed by atoms with E-state index in [1.54, 1.807) is 43.5 Å². The van der Waals surface area contributed by atoms with Gasteiger partial charge in [-0.15, -0.1) is 0 Å². The largest absolute Gasteiger partial charge is 0.495 e. The molecule has 0 aliphatic rings. The van der Waals surface area contributed by atoms with Crippen molar-refractivity contribution < 1.29 is 17.9 Å². The third-order valence-electron chi connectivity index (χ3n) is 4.11. The number of fused-ring (bicyclic) bond motifs is 1. The number of nitrogens with two attached hydrogens (primary N) is 1. The van der Waals surface area contributed by atoms with Crippen LogP contribution in [0.5, 0.6) is 5.75 Å². The molecule has 0 atom stereocenters. The molecule has 0 amide bonds. The van der Waals surface area contributed by atoms with Crippen molar-refractivity contribution in [2.75, 3.05) is 12.8 Å². The fraction of sp³-hybridized carbons (Fsp3) is 0.0500. The summed E-state index contributed by atoms with van der Waals surface area (Å²) >= 11 is 0. The summed E-state index contributed by atoms with van der Waals surface area (Å²) in [5.41, 5.74) is 9.11. The molecule has 0 spiro atoms. The Hall–Kier alpha value is -3.41. The van der Waals surface area contributed by atoms with Crippen LogP contribution in [0, 0.1) is 11.6 Å². The normalized spacial score (nSPS) is 11.0. The van der Waals surface area contributed by atoms with Crippen molar-refractivity contribution in [1.82, 2.24) is 4.98 Å². The van der Waals surface area contributed by atoms with Gasteiger partial charge in [0, 0.05) is 17.2 Å². The monoisotopic (exact) mass is 352 g/mol. The molecule has 0 aliphatic carbocycles. The maximum Gasteiger partial charge on any atom is 0.227 e. The summed E-state index contributed by atoms with van der Waals surface area (Å²) in [6.45, 7) is 0. The molecule has 26 heavy (non-hydrogen) atoms. The van der Waals surface area contributed by atoms with Crippen LogP contribution in [0.2, 0.25) is 0 Å². The van der Waals surface area contributed by atoms with Gasteiger partial charge in [-0.3, -0.25) is 0 Å². The first-order valence-electron chi connectivity index (χ1n) is 7.85. The number of benzene rings is 3. The molecule has 1 aromatic heterocycles. The van der Waals surface area contributed by atoms with Crippen molar-refractivity contribution in [3.05, 3.63) is 66.2 Å². The van der Waals surface area contributed by atoms with Gasteiger partial charge in [0.05, 0.1) is 12.8 Å². The van der Waals surface area contributed by atoms with Crippen molar-refractivity contribution in [3.63, 3.8) is 0 Å². The van der Waals surface area contributed by atoms with Gasteiger partial charge in [-0.25, -0.2) is 13.8 Å². The van der Waals surface area contributed by atoms with E-state index in [9.17, 15) is 8.78 Å². The number of methoxy groups -OCH3 is 1. The molecule has 0 unspecified atom stereocenters. The van der Waals surface area contributed by atoms with Crippen molar-refractivity contribution in [1.29, 1.82) is 0 Å². The van der Waals surface area contributed by atoms with Crippen LogP contribution < -0.4 is 10.5 Å². The summed E-state index contributed by atoms with van der Waals surface area (Å²) in [6.07, 6.45) is 0. The highest BCUT2D eigenvalue weighted by molar-refractivity contribution is 5.83. The number of nitrogen functional groups attached to an aromatic ring is 1.